The number of nitrogens with one attached hydrogen (secondary N) is 2. The van der Waals surface area contributed by atoms with Gasteiger partial charge in [0, 0.05) is 18.0 Å². The number of urea groups is 1. The maximum Gasteiger partial charge on any atom is 0.321 e. The number of hydrogen-bond donors (Lipinski definition) is 3. The van der Waals surface area contributed by atoms with Gasteiger partial charge in [-0.1, -0.05) is 39.3 Å². The van der Waals surface area contributed by atoms with Crippen molar-refractivity contribution in [2.45, 2.75) is 39.7 Å². The van der Waals surface area contributed by atoms with E-state index in [0.29, 0.717) is 6.54 Å². The zero-order valence-electron chi connectivity index (χ0n) is 14.1. The van der Waals surface area contributed by atoms with Crippen LogP contribution < -0.4 is 16.0 Å². The monoisotopic (exact) mass is 324 g/mol. The molecule has 0 aliphatic rings. The number of carbonyl (C=O) groups is 2. The molecule has 1 aromatic carbocycles. The first-order valence-electron chi connectivity index (χ1n) is 8.10. The van der Waals surface area contributed by atoms with Crippen LogP contribution in [0.5, 0.6) is 0 Å². The Morgan fingerprint density at radius 3 is 2.43 bits per heavy atom. The summed E-state index contributed by atoms with van der Waals surface area (Å²) in [5.74, 6) is -0.351. The van der Waals surface area contributed by atoms with Gasteiger partial charge >= 0.3 is 6.03 Å². The first kappa shape index (κ1) is 19.1. The predicted octanol–water partition coefficient (Wildman–Crippen LogP) is 1.71. The second-order valence-electron chi connectivity index (χ2n) is 5.92. The molecular weight excluding hydrogens is 297 g/mol. The van der Waals surface area contributed by atoms with Gasteiger partial charge in [-0.15, -0.1) is 0 Å². The summed E-state index contributed by atoms with van der Waals surface area (Å²) < 4.78 is 13.0. The predicted molar refractivity (Wildman–Crippen MR) is 87.2 cm³/mol. The summed E-state index contributed by atoms with van der Waals surface area (Å²) in [7, 11) is 0. The van der Waals surface area contributed by atoms with Gasteiger partial charge in [0.1, 0.15) is 11.9 Å². The minimum Gasteiger partial charge on any atom is -0.338 e. The highest BCUT2D eigenvalue weighted by Gasteiger charge is 2.21. The number of hydrogen-bond acceptors (Lipinski definition) is 2. The number of benzene rings is 1. The van der Waals surface area contributed by atoms with Gasteiger partial charge in [-0.3, -0.25) is 10.1 Å². The SMILES string of the molecule is CCCCNC(=O)NC(=O)C[NH2+][C@@H](c1ccc(F)cc1)C(C)C. The molecule has 0 heterocycles. The number of rotatable bonds is 8. The molecule has 3 amide bonds. The number of halogens is 1. The number of carbonyl (C=O) groups excluding carboxylic acids is 2. The Morgan fingerprint density at radius 1 is 1.22 bits per heavy atom. The zero-order valence-corrected chi connectivity index (χ0v) is 14.1. The van der Waals surface area contributed by atoms with Gasteiger partial charge in [0.05, 0.1) is 0 Å². The van der Waals surface area contributed by atoms with Crippen molar-refractivity contribution in [2.75, 3.05) is 13.1 Å². The van der Waals surface area contributed by atoms with E-state index in [-0.39, 0.29) is 30.2 Å². The van der Waals surface area contributed by atoms with Gasteiger partial charge < -0.3 is 10.6 Å². The molecule has 23 heavy (non-hydrogen) atoms. The average Bonchev–Trinajstić information content (AvgIpc) is 2.49. The minimum atomic E-state index is -0.459. The number of nitrogens with two attached hydrogens (primary N) is 1. The van der Waals surface area contributed by atoms with Crippen molar-refractivity contribution in [1.29, 1.82) is 0 Å². The van der Waals surface area contributed by atoms with E-state index in [4.69, 9.17) is 0 Å². The summed E-state index contributed by atoms with van der Waals surface area (Å²) in [6, 6.07) is 5.86. The molecule has 4 N–H and O–H groups in total. The van der Waals surface area contributed by atoms with Crippen LogP contribution >= 0.6 is 0 Å². The number of quaternary nitrogens is 1. The third-order valence-corrected chi connectivity index (χ3v) is 3.60. The van der Waals surface area contributed by atoms with Crippen LogP contribution in [0.2, 0.25) is 0 Å². The molecule has 0 unspecified atom stereocenters. The van der Waals surface area contributed by atoms with Gasteiger partial charge in [0.25, 0.3) is 5.91 Å². The number of unbranched alkanes of at least 4 members (excludes halogenated alkanes) is 1. The van der Waals surface area contributed by atoms with Crippen molar-refractivity contribution in [3.8, 4) is 0 Å². The standard InChI is InChI=1S/C17H26FN3O2/c1-4-5-10-19-17(23)21-15(22)11-20-16(12(2)3)13-6-8-14(18)9-7-13/h6-9,12,16,20H,4-5,10-11H2,1-3H3,(H2,19,21,22,23)/p+1/t16-/m1/s1. The molecule has 0 aliphatic heterocycles. The van der Waals surface area contributed by atoms with Crippen LogP contribution in [-0.4, -0.2) is 25.0 Å². The summed E-state index contributed by atoms with van der Waals surface area (Å²) in [6.45, 7) is 6.81. The van der Waals surface area contributed by atoms with Crippen molar-refractivity contribution >= 4 is 11.9 Å². The lowest BCUT2D eigenvalue weighted by Gasteiger charge is -2.19. The zero-order chi connectivity index (χ0) is 17.2. The van der Waals surface area contributed by atoms with Crippen molar-refractivity contribution in [3.05, 3.63) is 35.6 Å². The highest BCUT2D eigenvalue weighted by atomic mass is 19.1. The van der Waals surface area contributed by atoms with E-state index < -0.39 is 6.03 Å². The summed E-state index contributed by atoms with van der Waals surface area (Å²) in [6.07, 6.45) is 1.86. The normalized spacial score (nSPS) is 12.0. The second-order valence-corrected chi connectivity index (χ2v) is 5.92. The van der Waals surface area contributed by atoms with Crippen LogP contribution in [0.25, 0.3) is 0 Å². The van der Waals surface area contributed by atoms with E-state index in [1.165, 1.54) is 12.1 Å². The number of amides is 3. The topological polar surface area (TPSA) is 74.8 Å². The maximum atomic E-state index is 13.0. The molecule has 0 aromatic heterocycles. The summed E-state index contributed by atoms with van der Waals surface area (Å²) in [5, 5.41) is 6.82. The lowest BCUT2D eigenvalue weighted by Crippen LogP contribution is -2.88. The highest BCUT2D eigenvalue weighted by Crippen LogP contribution is 2.17. The van der Waals surface area contributed by atoms with Gasteiger partial charge in [-0.2, -0.15) is 0 Å². The van der Waals surface area contributed by atoms with Crippen LogP contribution in [0, 0.1) is 11.7 Å². The smallest absolute Gasteiger partial charge is 0.321 e. The fourth-order valence-electron chi connectivity index (χ4n) is 2.31. The van der Waals surface area contributed by atoms with Gasteiger partial charge in [0.2, 0.25) is 0 Å². The first-order chi connectivity index (χ1) is 10.9. The molecule has 1 aromatic rings. The third-order valence-electron chi connectivity index (χ3n) is 3.60. The molecule has 1 rings (SSSR count). The van der Waals surface area contributed by atoms with E-state index in [1.807, 2.05) is 26.1 Å². The van der Waals surface area contributed by atoms with E-state index in [0.717, 1.165) is 18.4 Å². The van der Waals surface area contributed by atoms with E-state index in [1.54, 1.807) is 12.1 Å². The summed E-state index contributed by atoms with van der Waals surface area (Å²) in [4.78, 5) is 23.4. The van der Waals surface area contributed by atoms with Crippen molar-refractivity contribution in [1.82, 2.24) is 10.6 Å². The largest absolute Gasteiger partial charge is 0.338 e. The van der Waals surface area contributed by atoms with Crippen molar-refractivity contribution < 1.29 is 19.3 Å². The molecule has 0 radical (unpaired) electrons. The molecule has 128 valence electrons. The molecular formula is C17H27FN3O2+. The highest BCUT2D eigenvalue weighted by molar-refractivity contribution is 5.94. The van der Waals surface area contributed by atoms with Gasteiger partial charge in [0.15, 0.2) is 6.54 Å². The third kappa shape index (κ3) is 7.23. The average molecular weight is 324 g/mol. The Morgan fingerprint density at radius 2 is 1.87 bits per heavy atom. The van der Waals surface area contributed by atoms with Crippen molar-refractivity contribution in [3.63, 3.8) is 0 Å². The van der Waals surface area contributed by atoms with Crippen LogP contribution in [-0.2, 0) is 4.79 Å². The van der Waals surface area contributed by atoms with E-state index in [2.05, 4.69) is 10.6 Å². The van der Waals surface area contributed by atoms with Gasteiger partial charge in [-0.05, 0) is 18.6 Å². The quantitative estimate of drug-likeness (QED) is 0.637. The fourth-order valence-corrected chi connectivity index (χ4v) is 2.31. The van der Waals surface area contributed by atoms with Crippen LogP contribution in [0.3, 0.4) is 0 Å². The summed E-state index contributed by atoms with van der Waals surface area (Å²) >= 11 is 0. The molecule has 0 aliphatic carbocycles. The second kappa shape index (κ2) is 9.94. The van der Waals surface area contributed by atoms with Gasteiger partial charge in [-0.25, -0.2) is 9.18 Å². The molecule has 6 heteroatoms. The fraction of sp³-hybridized carbons (Fsp3) is 0.529. The van der Waals surface area contributed by atoms with Crippen LogP contribution in [0.15, 0.2) is 24.3 Å². The Kier molecular flexibility index (Phi) is 8.26. The molecule has 0 saturated carbocycles. The summed E-state index contributed by atoms with van der Waals surface area (Å²) in [5.41, 5.74) is 0.960. The Bertz CT molecular complexity index is 503. The lowest BCUT2D eigenvalue weighted by atomic mass is 9.96. The first-order valence-corrected chi connectivity index (χ1v) is 8.10. The Labute approximate surface area is 137 Å². The Hall–Kier alpha value is -1.95. The minimum absolute atomic E-state index is 0.0319. The molecule has 1 atom stereocenters. The number of imide groups is 1. The molecule has 0 fully saturated rings. The van der Waals surface area contributed by atoms with Crippen molar-refractivity contribution in [2.24, 2.45) is 5.92 Å². The Balaban J connectivity index is 2.47. The van der Waals surface area contributed by atoms with E-state index in [9.17, 15) is 14.0 Å². The molecule has 5 nitrogen and oxygen atoms in total. The maximum absolute atomic E-state index is 13.0. The van der Waals surface area contributed by atoms with Crippen LogP contribution in [0.1, 0.15) is 45.2 Å². The molecule has 0 saturated heterocycles. The van der Waals surface area contributed by atoms with Crippen LogP contribution in [0.4, 0.5) is 9.18 Å². The van der Waals surface area contributed by atoms with E-state index >= 15 is 0 Å². The molecule has 0 spiro atoms. The molecule has 0 bridgehead atoms. The lowest BCUT2D eigenvalue weighted by molar-refractivity contribution is -0.692.